The number of hydrogen-bond donors (Lipinski definition) is 2. The van der Waals surface area contributed by atoms with E-state index in [1.807, 2.05) is 32.0 Å². The molecule has 4 rings (SSSR count). The predicted molar refractivity (Wildman–Crippen MR) is 158 cm³/mol. The Morgan fingerprint density at radius 2 is 1.63 bits per heavy atom. The number of ether oxygens (including phenoxy) is 2. The molecule has 2 aromatic carbocycles. The number of methoxy groups -OCH3 is 1. The van der Waals surface area contributed by atoms with E-state index in [4.69, 9.17) is 13.9 Å². The molecule has 11 nitrogen and oxygen atoms in total. The molecule has 3 amide bonds. The van der Waals surface area contributed by atoms with Crippen molar-refractivity contribution < 1.29 is 37.9 Å². The Morgan fingerprint density at radius 1 is 0.907 bits per heavy atom. The van der Waals surface area contributed by atoms with Crippen molar-refractivity contribution in [3.8, 4) is 0 Å². The van der Waals surface area contributed by atoms with Crippen molar-refractivity contribution in [3.63, 3.8) is 0 Å². The zero-order chi connectivity index (χ0) is 31.3. The summed E-state index contributed by atoms with van der Waals surface area (Å²) in [6.07, 6.45) is 1.44. The van der Waals surface area contributed by atoms with Crippen LogP contribution in [0.3, 0.4) is 0 Å². The number of nitrogens with zero attached hydrogens (tertiary/aromatic N) is 1. The highest BCUT2D eigenvalue weighted by molar-refractivity contribution is 6.39. The third kappa shape index (κ3) is 6.72. The lowest BCUT2D eigenvalue weighted by Gasteiger charge is -2.19. The van der Waals surface area contributed by atoms with Crippen molar-refractivity contribution in [1.29, 1.82) is 0 Å². The Labute approximate surface area is 248 Å². The summed E-state index contributed by atoms with van der Waals surface area (Å²) in [7, 11) is 1.24. The van der Waals surface area contributed by atoms with Gasteiger partial charge in [0.15, 0.2) is 0 Å². The first kappa shape index (κ1) is 30.5. The topological polar surface area (TPSA) is 144 Å². The molecule has 0 atom stereocenters. The third-order valence-corrected chi connectivity index (χ3v) is 6.79. The van der Waals surface area contributed by atoms with Crippen LogP contribution in [-0.4, -0.2) is 43.4 Å². The van der Waals surface area contributed by atoms with Crippen molar-refractivity contribution in [2.45, 2.75) is 34.2 Å². The van der Waals surface area contributed by atoms with Gasteiger partial charge < -0.3 is 24.5 Å². The summed E-state index contributed by atoms with van der Waals surface area (Å²) < 4.78 is 15.6. The van der Waals surface area contributed by atoms with Gasteiger partial charge in [0.1, 0.15) is 11.5 Å². The number of amides is 3. The standard InChI is InChI=1S/C32H31N3O8/c1-6-42-31(39)21-8-10-22(11-9-21)34-29(37)28(36)33-17-25-14-13-24(43-25)16-26-27(32(40)41-5)20(4)35(30(26)38)23-12-7-18(2)19(3)15-23/h7-16H,6,17H2,1-5H3,(H,33,36)(H,34,37)/b26-16+. The maximum absolute atomic E-state index is 13.5. The Kier molecular flexibility index (Phi) is 9.24. The first-order valence-electron chi connectivity index (χ1n) is 13.4. The van der Waals surface area contributed by atoms with E-state index < -0.39 is 29.7 Å². The fourth-order valence-electron chi connectivity index (χ4n) is 4.40. The number of allylic oxidation sites excluding steroid dienone is 1. The van der Waals surface area contributed by atoms with E-state index in [9.17, 15) is 24.0 Å². The van der Waals surface area contributed by atoms with Crippen molar-refractivity contribution in [2.24, 2.45) is 0 Å². The van der Waals surface area contributed by atoms with E-state index in [-0.39, 0.29) is 30.1 Å². The Hall–Kier alpha value is -5.45. The summed E-state index contributed by atoms with van der Waals surface area (Å²) in [5.74, 6) is -2.83. The highest BCUT2D eigenvalue weighted by Gasteiger charge is 2.38. The molecule has 0 unspecified atom stereocenters. The number of anilines is 2. The summed E-state index contributed by atoms with van der Waals surface area (Å²) in [6, 6.07) is 14.7. The van der Waals surface area contributed by atoms with E-state index in [0.717, 1.165) is 11.1 Å². The van der Waals surface area contributed by atoms with Gasteiger partial charge in [0, 0.05) is 17.1 Å². The highest BCUT2D eigenvalue weighted by atomic mass is 16.5. The van der Waals surface area contributed by atoms with Gasteiger partial charge in [-0.25, -0.2) is 9.59 Å². The minimum absolute atomic E-state index is 0.0980. The molecule has 0 saturated heterocycles. The summed E-state index contributed by atoms with van der Waals surface area (Å²) in [4.78, 5) is 64.1. The van der Waals surface area contributed by atoms with E-state index >= 15 is 0 Å². The van der Waals surface area contributed by atoms with Gasteiger partial charge >= 0.3 is 23.8 Å². The molecule has 1 aromatic heterocycles. The number of nitrogens with one attached hydrogen (secondary N) is 2. The van der Waals surface area contributed by atoms with Crippen LogP contribution in [0.4, 0.5) is 11.4 Å². The maximum Gasteiger partial charge on any atom is 0.340 e. The van der Waals surface area contributed by atoms with E-state index in [0.29, 0.717) is 28.4 Å². The average Bonchev–Trinajstić information content (AvgIpc) is 3.54. The number of furan rings is 1. The molecule has 0 aliphatic carbocycles. The maximum atomic E-state index is 13.5. The summed E-state index contributed by atoms with van der Waals surface area (Å²) >= 11 is 0. The lowest BCUT2D eigenvalue weighted by Crippen LogP contribution is -2.34. The summed E-state index contributed by atoms with van der Waals surface area (Å²) in [5.41, 5.74) is 3.95. The van der Waals surface area contributed by atoms with Crippen molar-refractivity contribution in [2.75, 3.05) is 23.9 Å². The highest BCUT2D eigenvalue weighted by Crippen LogP contribution is 2.36. The lowest BCUT2D eigenvalue weighted by atomic mass is 10.1. The largest absolute Gasteiger partial charge is 0.465 e. The molecular weight excluding hydrogens is 554 g/mol. The molecule has 0 bridgehead atoms. The number of hydrogen-bond acceptors (Lipinski definition) is 8. The van der Waals surface area contributed by atoms with Gasteiger partial charge in [-0.05, 0) is 93.4 Å². The van der Waals surface area contributed by atoms with Crippen LogP contribution in [0.2, 0.25) is 0 Å². The second-order valence-electron chi connectivity index (χ2n) is 9.66. The Bertz CT molecular complexity index is 1660. The number of benzene rings is 2. The zero-order valence-corrected chi connectivity index (χ0v) is 24.4. The molecule has 0 fully saturated rings. The van der Waals surface area contributed by atoms with Crippen LogP contribution in [0, 0.1) is 13.8 Å². The van der Waals surface area contributed by atoms with Gasteiger partial charge in [-0.1, -0.05) is 6.07 Å². The van der Waals surface area contributed by atoms with E-state index in [1.165, 1.54) is 42.4 Å². The molecule has 2 heterocycles. The zero-order valence-electron chi connectivity index (χ0n) is 24.4. The number of esters is 2. The minimum Gasteiger partial charge on any atom is -0.465 e. The fourth-order valence-corrected chi connectivity index (χ4v) is 4.40. The van der Waals surface area contributed by atoms with Gasteiger partial charge in [-0.2, -0.15) is 0 Å². The molecule has 3 aromatic rings. The van der Waals surface area contributed by atoms with Gasteiger partial charge in [-0.15, -0.1) is 0 Å². The summed E-state index contributed by atoms with van der Waals surface area (Å²) in [6.45, 7) is 7.40. The van der Waals surface area contributed by atoms with Crippen LogP contribution in [0.5, 0.6) is 0 Å². The van der Waals surface area contributed by atoms with E-state index in [2.05, 4.69) is 10.6 Å². The van der Waals surface area contributed by atoms with Gasteiger partial charge in [-0.3, -0.25) is 19.3 Å². The second-order valence-corrected chi connectivity index (χ2v) is 9.66. The van der Waals surface area contributed by atoms with E-state index in [1.54, 1.807) is 26.0 Å². The van der Waals surface area contributed by atoms with Gasteiger partial charge in [0.25, 0.3) is 5.91 Å². The number of aryl methyl sites for hydroxylation is 2. The predicted octanol–water partition coefficient (Wildman–Crippen LogP) is 4.21. The molecule has 2 N–H and O–H groups in total. The Morgan fingerprint density at radius 3 is 2.28 bits per heavy atom. The summed E-state index contributed by atoms with van der Waals surface area (Å²) in [5, 5.41) is 4.91. The number of carbonyl (C=O) groups is 5. The van der Waals surface area contributed by atoms with Crippen LogP contribution >= 0.6 is 0 Å². The average molecular weight is 586 g/mol. The molecule has 43 heavy (non-hydrogen) atoms. The normalized spacial score (nSPS) is 13.7. The molecule has 0 saturated carbocycles. The van der Waals surface area contributed by atoms with Gasteiger partial charge in [0.05, 0.1) is 37.0 Å². The van der Waals surface area contributed by atoms with Gasteiger partial charge in [0.2, 0.25) is 0 Å². The van der Waals surface area contributed by atoms with Crippen LogP contribution < -0.4 is 15.5 Å². The van der Waals surface area contributed by atoms with Crippen LogP contribution in [0.15, 0.2) is 75.9 Å². The van der Waals surface area contributed by atoms with Crippen LogP contribution in [0.1, 0.15) is 46.9 Å². The quantitative estimate of drug-likeness (QED) is 0.227. The fraction of sp³-hybridized carbons (Fsp3) is 0.219. The molecular formula is C32H31N3O8. The smallest absolute Gasteiger partial charge is 0.340 e. The molecule has 0 spiro atoms. The number of rotatable bonds is 8. The molecule has 1 aliphatic rings. The van der Waals surface area contributed by atoms with Crippen molar-refractivity contribution in [1.82, 2.24) is 5.32 Å². The first-order valence-corrected chi connectivity index (χ1v) is 13.4. The molecule has 222 valence electrons. The SMILES string of the molecule is CCOC(=O)c1ccc(NC(=O)C(=O)NCc2ccc(/C=C3/C(=O)N(c4ccc(C)c(C)c4)C(C)=C3C(=O)OC)o2)cc1. The Balaban J connectivity index is 1.44. The van der Waals surface area contributed by atoms with Crippen LogP contribution in [0.25, 0.3) is 6.08 Å². The molecule has 1 aliphatic heterocycles. The van der Waals surface area contributed by atoms with Crippen LogP contribution in [-0.2, 0) is 35.2 Å². The monoisotopic (exact) mass is 585 g/mol. The van der Waals surface area contributed by atoms with Crippen molar-refractivity contribution in [3.05, 3.63) is 99.7 Å². The minimum atomic E-state index is -0.913. The molecule has 0 radical (unpaired) electrons. The first-order chi connectivity index (χ1) is 20.5. The molecule has 11 heteroatoms. The number of carbonyl (C=O) groups excluding carboxylic acids is 5. The second kappa shape index (κ2) is 13.0. The lowest BCUT2D eigenvalue weighted by molar-refractivity contribution is -0.136. The van der Waals surface area contributed by atoms with Crippen molar-refractivity contribution >= 4 is 47.1 Å². The third-order valence-electron chi connectivity index (χ3n) is 6.79.